The van der Waals surface area contributed by atoms with Gasteiger partial charge in [0.2, 0.25) is 0 Å². The fraction of sp³-hybridized carbons (Fsp3) is 0.308. The van der Waals surface area contributed by atoms with E-state index in [9.17, 15) is 18.0 Å². The van der Waals surface area contributed by atoms with E-state index in [4.69, 9.17) is 5.11 Å². The lowest BCUT2D eigenvalue weighted by Crippen LogP contribution is -2.12. The zero-order valence-electron chi connectivity index (χ0n) is 11.0. The molecule has 2 aromatic rings. The molecule has 8 heteroatoms. The van der Waals surface area contributed by atoms with Gasteiger partial charge in [-0.05, 0) is 12.1 Å². The standard InChI is InChI=1S/C13H12F3N3O2/c1-8(12(20)21)6-9-7-19(18-17-9)11-5-3-2-4-10(11)13(14,15)16/h2-5,7-8H,6H2,1H3,(H,20,21). The molecule has 0 bridgehead atoms. The highest BCUT2D eigenvalue weighted by molar-refractivity contribution is 5.69. The smallest absolute Gasteiger partial charge is 0.418 e. The van der Waals surface area contributed by atoms with E-state index >= 15 is 0 Å². The molecule has 0 aliphatic rings. The van der Waals surface area contributed by atoms with E-state index in [-0.39, 0.29) is 12.1 Å². The van der Waals surface area contributed by atoms with Crippen molar-refractivity contribution < 1.29 is 23.1 Å². The van der Waals surface area contributed by atoms with Gasteiger partial charge in [0, 0.05) is 6.42 Å². The van der Waals surface area contributed by atoms with Crippen LogP contribution in [0.5, 0.6) is 0 Å². The predicted molar refractivity (Wildman–Crippen MR) is 66.9 cm³/mol. The Morgan fingerprint density at radius 3 is 2.67 bits per heavy atom. The molecule has 0 fully saturated rings. The summed E-state index contributed by atoms with van der Waals surface area (Å²) in [5.41, 5.74) is -0.652. The first kappa shape index (κ1) is 15.0. The summed E-state index contributed by atoms with van der Waals surface area (Å²) in [6.07, 6.45) is -3.09. The first-order valence-electron chi connectivity index (χ1n) is 6.09. The second kappa shape index (κ2) is 5.55. The number of carbonyl (C=O) groups is 1. The third-order valence-corrected chi connectivity index (χ3v) is 2.93. The number of aromatic nitrogens is 3. The van der Waals surface area contributed by atoms with Crippen molar-refractivity contribution >= 4 is 5.97 Å². The van der Waals surface area contributed by atoms with Gasteiger partial charge in [0.25, 0.3) is 0 Å². The van der Waals surface area contributed by atoms with Crippen molar-refractivity contribution in [3.05, 3.63) is 41.7 Å². The Bertz CT molecular complexity index is 652. The number of hydrogen-bond donors (Lipinski definition) is 1. The number of benzene rings is 1. The fourth-order valence-corrected chi connectivity index (χ4v) is 1.82. The molecule has 0 saturated heterocycles. The molecule has 5 nitrogen and oxygen atoms in total. The third-order valence-electron chi connectivity index (χ3n) is 2.93. The lowest BCUT2D eigenvalue weighted by molar-refractivity contribution is -0.141. The van der Waals surface area contributed by atoms with Crippen molar-refractivity contribution in [2.45, 2.75) is 19.5 Å². The molecule has 1 heterocycles. The van der Waals surface area contributed by atoms with E-state index in [0.717, 1.165) is 10.7 Å². The van der Waals surface area contributed by atoms with Gasteiger partial charge < -0.3 is 5.11 Å². The predicted octanol–water partition coefficient (Wildman–Crippen LogP) is 2.55. The summed E-state index contributed by atoms with van der Waals surface area (Å²) in [4.78, 5) is 10.8. The molecule has 0 radical (unpaired) electrons. The Hall–Kier alpha value is -2.38. The van der Waals surface area contributed by atoms with Crippen molar-refractivity contribution in [1.82, 2.24) is 15.0 Å². The number of aliphatic carboxylic acids is 1. The summed E-state index contributed by atoms with van der Waals surface area (Å²) < 4.78 is 39.8. The second-order valence-corrected chi connectivity index (χ2v) is 4.61. The van der Waals surface area contributed by atoms with Gasteiger partial charge in [0.1, 0.15) is 0 Å². The highest BCUT2D eigenvalue weighted by Gasteiger charge is 2.34. The van der Waals surface area contributed by atoms with E-state index < -0.39 is 23.6 Å². The van der Waals surface area contributed by atoms with Crippen molar-refractivity contribution in [3.63, 3.8) is 0 Å². The topological polar surface area (TPSA) is 68.0 Å². The van der Waals surface area contributed by atoms with Gasteiger partial charge in [-0.25, -0.2) is 4.68 Å². The van der Waals surface area contributed by atoms with Crippen LogP contribution < -0.4 is 0 Å². The molecule has 2 rings (SSSR count). The van der Waals surface area contributed by atoms with Crippen molar-refractivity contribution in [2.75, 3.05) is 0 Å². The van der Waals surface area contributed by atoms with E-state index in [0.29, 0.717) is 5.69 Å². The van der Waals surface area contributed by atoms with Gasteiger partial charge in [-0.1, -0.05) is 24.3 Å². The van der Waals surface area contributed by atoms with Gasteiger partial charge in [0.05, 0.1) is 29.1 Å². The van der Waals surface area contributed by atoms with Gasteiger partial charge in [-0.2, -0.15) is 13.2 Å². The van der Waals surface area contributed by atoms with E-state index in [2.05, 4.69) is 10.3 Å². The van der Waals surface area contributed by atoms with Crippen molar-refractivity contribution in [3.8, 4) is 5.69 Å². The molecule has 1 unspecified atom stereocenters. The van der Waals surface area contributed by atoms with Crippen LogP contribution in [0.4, 0.5) is 13.2 Å². The van der Waals surface area contributed by atoms with E-state index in [1.165, 1.54) is 31.3 Å². The molecule has 21 heavy (non-hydrogen) atoms. The number of alkyl halides is 3. The molecule has 1 N–H and O–H groups in total. The Labute approximate surface area is 118 Å². The summed E-state index contributed by atoms with van der Waals surface area (Å²) in [5, 5.41) is 16.2. The van der Waals surface area contributed by atoms with Crippen LogP contribution >= 0.6 is 0 Å². The SMILES string of the molecule is CC(Cc1cn(-c2ccccc2C(F)(F)F)nn1)C(=O)O. The van der Waals surface area contributed by atoms with Gasteiger partial charge >= 0.3 is 12.1 Å². The molecule has 0 amide bonds. The molecule has 0 aliphatic heterocycles. The van der Waals surface area contributed by atoms with E-state index in [1.54, 1.807) is 0 Å². The molecule has 1 aromatic heterocycles. The molecule has 0 saturated carbocycles. The molecule has 1 atom stereocenters. The number of para-hydroxylation sites is 1. The van der Waals surface area contributed by atoms with Crippen LogP contribution in [0.25, 0.3) is 5.69 Å². The molecular formula is C13H12F3N3O2. The van der Waals surface area contributed by atoms with Gasteiger partial charge in [-0.3, -0.25) is 4.79 Å². The quantitative estimate of drug-likeness (QED) is 0.942. The molecule has 1 aromatic carbocycles. The zero-order chi connectivity index (χ0) is 15.6. The van der Waals surface area contributed by atoms with Gasteiger partial charge in [-0.15, -0.1) is 5.10 Å². The lowest BCUT2D eigenvalue weighted by atomic mass is 10.1. The maximum absolute atomic E-state index is 12.9. The monoisotopic (exact) mass is 299 g/mol. The Kier molecular flexibility index (Phi) is 3.97. The highest BCUT2D eigenvalue weighted by Crippen LogP contribution is 2.33. The first-order valence-corrected chi connectivity index (χ1v) is 6.09. The number of rotatable bonds is 4. The summed E-state index contributed by atoms with van der Waals surface area (Å²) >= 11 is 0. The summed E-state index contributed by atoms with van der Waals surface area (Å²) in [7, 11) is 0. The maximum Gasteiger partial charge on any atom is 0.418 e. The fourth-order valence-electron chi connectivity index (χ4n) is 1.82. The molecule has 112 valence electrons. The minimum absolute atomic E-state index is 0.101. The van der Waals surface area contributed by atoms with Crippen LogP contribution in [-0.2, 0) is 17.4 Å². The molecular weight excluding hydrogens is 287 g/mol. The van der Waals surface area contributed by atoms with Crippen LogP contribution in [0, 0.1) is 5.92 Å². The Morgan fingerprint density at radius 1 is 1.38 bits per heavy atom. The molecule has 0 aliphatic carbocycles. The average Bonchev–Trinajstić information content (AvgIpc) is 2.86. The molecule has 0 spiro atoms. The lowest BCUT2D eigenvalue weighted by Gasteiger charge is -2.11. The largest absolute Gasteiger partial charge is 0.481 e. The minimum Gasteiger partial charge on any atom is -0.481 e. The van der Waals surface area contributed by atoms with Crippen LogP contribution in [0.15, 0.2) is 30.5 Å². The van der Waals surface area contributed by atoms with Crippen LogP contribution in [0.1, 0.15) is 18.2 Å². The Balaban J connectivity index is 2.33. The van der Waals surface area contributed by atoms with Gasteiger partial charge in [0.15, 0.2) is 0 Å². The maximum atomic E-state index is 12.9. The summed E-state index contributed by atoms with van der Waals surface area (Å²) in [5.74, 6) is -1.69. The number of halogens is 3. The Morgan fingerprint density at radius 2 is 2.05 bits per heavy atom. The first-order chi connectivity index (χ1) is 9.79. The number of carboxylic acid groups (broad SMARTS) is 1. The minimum atomic E-state index is -4.50. The van der Waals surface area contributed by atoms with Crippen molar-refractivity contribution in [2.24, 2.45) is 5.92 Å². The number of carboxylic acids is 1. The summed E-state index contributed by atoms with van der Waals surface area (Å²) in [6, 6.07) is 4.99. The zero-order valence-corrected chi connectivity index (χ0v) is 11.0. The number of nitrogens with zero attached hydrogens (tertiary/aromatic N) is 3. The highest BCUT2D eigenvalue weighted by atomic mass is 19.4. The third kappa shape index (κ3) is 3.39. The van der Waals surface area contributed by atoms with Crippen LogP contribution in [0.2, 0.25) is 0 Å². The summed E-state index contributed by atoms with van der Waals surface area (Å²) in [6.45, 7) is 1.49. The van der Waals surface area contributed by atoms with Crippen LogP contribution in [0.3, 0.4) is 0 Å². The van der Waals surface area contributed by atoms with E-state index in [1.807, 2.05) is 0 Å². The second-order valence-electron chi connectivity index (χ2n) is 4.61. The normalized spacial score (nSPS) is 13.1. The van der Waals surface area contributed by atoms with Crippen LogP contribution in [-0.4, -0.2) is 26.1 Å². The number of hydrogen-bond acceptors (Lipinski definition) is 3. The average molecular weight is 299 g/mol. The van der Waals surface area contributed by atoms with Crippen molar-refractivity contribution in [1.29, 1.82) is 0 Å².